The highest BCUT2D eigenvalue weighted by molar-refractivity contribution is 5.95. The van der Waals surface area contributed by atoms with Crippen molar-refractivity contribution < 1.29 is 24.2 Å². The summed E-state index contributed by atoms with van der Waals surface area (Å²) in [4.78, 5) is 51.0. The number of amides is 2. The maximum atomic E-state index is 14.1. The van der Waals surface area contributed by atoms with Crippen molar-refractivity contribution in [3.63, 3.8) is 0 Å². The number of fused-ring (bicyclic) bond motifs is 3. The number of hydrogen-bond acceptors (Lipinski definition) is 7. The normalized spacial score (nSPS) is 30.0. The molecule has 10 nitrogen and oxygen atoms in total. The number of hydrogen-bond donors (Lipinski definition) is 3. The molecule has 0 bridgehead atoms. The van der Waals surface area contributed by atoms with Gasteiger partial charge in [0.1, 0.15) is 23.4 Å². The number of para-hydroxylation sites is 2. The summed E-state index contributed by atoms with van der Waals surface area (Å²) in [7, 11) is 0. The number of ether oxygens (including phenoxy) is 1. The number of nitrogens with one attached hydrogen (secondary N) is 2. The van der Waals surface area contributed by atoms with E-state index in [0.717, 1.165) is 31.2 Å². The minimum atomic E-state index is -1.34. The number of carboxylic acids is 1. The number of aromatic nitrogens is 2. The largest absolute Gasteiger partial charge is 0.479 e. The number of benzene rings is 1. The smallest absolute Gasteiger partial charge is 0.330 e. The first kappa shape index (κ1) is 29.0. The Morgan fingerprint density at radius 2 is 1.88 bits per heavy atom. The van der Waals surface area contributed by atoms with Crippen LogP contribution in [0.3, 0.4) is 0 Å². The first-order chi connectivity index (χ1) is 19.5. The Hall–Kier alpha value is -3.53. The van der Waals surface area contributed by atoms with Gasteiger partial charge >= 0.3 is 5.97 Å². The molecule has 1 saturated carbocycles. The standard InChI is InChI=1S/C31H41N5O5/c1-19-27(33-23-14-11-10-13-22(23)32-19)41-21-16-25-26(37)35-31(29(39)40)17-20(31)12-8-6-5-7-9-15-24(34-30(2,3)4)28(38)36(25)18-21/h8,10-14,20-21,24-25,34H,5-7,9,15-18H2,1-4H3,(H,35,37)(H,39,40)/b12-8-/t20-,21?,24+,25+,31?/m1/s1. The lowest BCUT2D eigenvalue weighted by Gasteiger charge is -2.33. The predicted molar refractivity (Wildman–Crippen MR) is 154 cm³/mol. The molecule has 2 fully saturated rings. The molecule has 10 heteroatoms. The van der Waals surface area contributed by atoms with E-state index >= 15 is 0 Å². The molecule has 0 radical (unpaired) electrons. The quantitative estimate of drug-likeness (QED) is 0.481. The molecule has 1 aliphatic carbocycles. The monoisotopic (exact) mass is 563 g/mol. The zero-order valence-corrected chi connectivity index (χ0v) is 24.4. The minimum Gasteiger partial charge on any atom is -0.479 e. The number of aryl methyl sites for hydroxylation is 1. The molecule has 2 amide bonds. The Bertz CT molecular complexity index is 1350. The highest BCUT2D eigenvalue weighted by atomic mass is 16.5. The van der Waals surface area contributed by atoms with Crippen LogP contribution in [0, 0.1) is 12.8 Å². The van der Waals surface area contributed by atoms with Gasteiger partial charge < -0.3 is 25.4 Å². The van der Waals surface area contributed by atoms with Crippen molar-refractivity contribution in [3.05, 3.63) is 42.1 Å². The Morgan fingerprint density at radius 1 is 1.15 bits per heavy atom. The lowest BCUT2D eigenvalue weighted by atomic mass is 10.0. The summed E-state index contributed by atoms with van der Waals surface area (Å²) >= 11 is 0. The van der Waals surface area contributed by atoms with Crippen molar-refractivity contribution >= 4 is 28.8 Å². The van der Waals surface area contributed by atoms with Gasteiger partial charge in [-0.3, -0.25) is 9.59 Å². The summed E-state index contributed by atoms with van der Waals surface area (Å²) in [5, 5.41) is 16.3. The fourth-order valence-electron chi connectivity index (χ4n) is 6.01. The Labute approximate surface area is 240 Å². The van der Waals surface area contributed by atoms with Gasteiger partial charge in [-0.15, -0.1) is 0 Å². The summed E-state index contributed by atoms with van der Waals surface area (Å²) < 4.78 is 6.30. The molecule has 5 rings (SSSR count). The van der Waals surface area contributed by atoms with Gasteiger partial charge in [0.2, 0.25) is 17.7 Å². The molecule has 3 heterocycles. The summed E-state index contributed by atoms with van der Waals surface area (Å²) in [6.07, 6.45) is 8.28. The Balaban J connectivity index is 1.44. The van der Waals surface area contributed by atoms with Crippen LogP contribution in [0.2, 0.25) is 0 Å². The third-order valence-corrected chi connectivity index (χ3v) is 8.21. The summed E-state index contributed by atoms with van der Waals surface area (Å²) in [6, 6.07) is 6.18. The second kappa shape index (κ2) is 11.4. The van der Waals surface area contributed by atoms with E-state index < -0.39 is 35.6 Å². The summed E-state index contributed by atoms with van der Waals surface area (Å²) in [6.45, 7) is 8.07. The fraction of sp³-hybridized carbons (Fsp3) is 0.581. The number of allylic oxidation sites excluding steroid dienone is 1. The molecule has 3 aliphatic rings. The van der Waals surface area contributed by atoms with Gasteiger partial charge in [-0.1, -0.05) is 37.1 Å². The number of carbonyl (C=O) groups excluding carboxylic acids is 2. The number of carboxylic acid groups (broad SMARTS) is 1. The van der Waals surface area contributed by atoms with Crippen LogP contribution >= 0.6 is 0 Å². The SMILES string of the molecule is Cc1nc2ccccc2nc1OC1C[C@H]2C(=O)NC3(C(=O)O)C[C@H]3/C=C\CCCCC[C@H](NC(C)(C)C)C(=O)N2C1. The summed E-state index contributed by atoms with van der Waals surface area (Å²) in [5.41, 5.74) is 0.416. The molecular weight excluding hydrogens is 522 g/mol. The van der Waals surface area contributed by atoms with Gasteiger partial charge in [0, 0.05) is 17.9 Å². The Morgan fingerprint density at radius 3 is 2.59 bits per heavy atom. The number of carbonyl (C=O) groups is 3. The van der Waals surface area contributed by atoms with E-state index in [9.17, 15) is 19.5 Å². The van der Waals surface area contributed by atoms with E-state index in [1.54, 1.807) is 4.90 Å². The van der Waals surface area contributed by atoms with Crippen molar-refractivity contribution in [2.75, 3.05) is 6.54 Å². The first-order valence-corrected chi connectivity index (χ1v) is 14.7. The lowest BCUT2D eigenvalue weighted by Crippen LogP contribution is -2.57. The molecule has 41 heavy (non-hydrogen) atoms. The number of nitrogens with zero attached hydrogens (tertiary/aromatic N) is 3. The minimum absolute atomic E-state index is 0.169. The molecule has 2 aliphatic heterocycles. The van der Waals surface area contributed by atoms with Crippen molar-refractivity contribution in [1.29, 1.82) is 0 Å². The van der Waals surface area contributed by atoms with Crippen molar-refractivity contribution in [3.8, 4) is 5.88 Å². The number of rotatable bonds is 4. The van der Waals surface area contributed by atoms with E-state index in [1.165, 1.54) is 0 Å². The van der Waals surface area contributed by atoms with Gasteiger partial charge in [0.05, 0.1) is 23.6 Å². The number of aliphatic carboxylic acids is 1. The predicted octanol–water partition coefficient (Wildman–Crippen LogP) is 3.52. The van der Waals surface area contributed by atoms with Crippen LogP contribution in [-0.2, 0) is 14.4 Å². The molecule has 1 aromatic heterocycles. The van der Waals surface area contributed by atoms with Gasteiger partial charge in [0.15, 0.2) is 0 Å². The topological polar surface area (TPSA) is 134 Å². The molecular formula is C31H41N5O5. The molecule has 220 valence electrons. The highest BCUT2D eigenvalue weighted by Crippen LogP contribution is 2.45. The van der Waals surface area contributed by atoms with Crippen LogP contribution in [0.5, 0.6) is 5.88 Å². The molecule has 3 N–H and O–H groups in total. The van der Waals surface area contributed by atoms with Gasteiger partial charge in [-0.05, 0) is 65.5 Å². The van der Waals surface area contributed by atoms with E-state index in [0.29, 0.717) is 29.9 Å². The molecule has 5 atom stereocenters. The van der Waals surface area contributed by atoms with E-state index in [-0.39, 0.29) is 30.3 Å². The van der Waals surface area contributed by atoms with Crippen molar-refractivity contribution in [1.82, 2.24) is 25.5 Å². The third kappa shape index (κ3) is 6.37. The zero-order valence-electron chi connectivity index (χ0n) is 24.4. The molecule has 1 aromatic carbocycles. The molecule has 0 spiro atoms. The lowest BCUT2D eigenvalue weighted by molar-refractivity contribution is -0.145. The Kier molecular flexibility index (Phi) is 8.05. The molecule has 2 unspecified atom stereocenters. The van der Waals surface area contributed by atoms with E-state index in [1.807, 2.05) is 64.1 Å². The average Bonchev–Trinajstić information content (AvgIpc) is 3.44. The van der Waals surface area contributed by atoms with Crippen LogP contribution < -0.4 is 15.4 Å². The summed E-state index contributed by atoms with van der Waals surface area (Å²) in [5.74, 6) is -1.59. The van der Waals surface area contributed by atoms with E-state index in [4.69, 9.17) is 4.74 Å². The second-order valence-electron chi connectivity index (χ2n) is 12.7. The maximum Gasteiger partial charge on any atom is 0.330 e. The second-order valence-corrected chi connectivity index (χ2v) is 12.7. The fourth-order valence-corrected chi connectivity index (χ4v) is 6.01. The third-order valence-electron chi connectivity index (χ3n) is 8.21. The van der Waals surface area contributed by atoms with Crippen LogP contribution in [0.15, 0.2) is 36.4 Å². The highest BCUT2D eigenvalue weighted by Gasteiger charge is 2.61. The van der Waals surface area contributed by atoms with Gasteiger partial charge in [0.25, 0.3) is 0 Å². The zero-order chi connectivity index (χ0) is 29.4. The van der Waals surface area contributed by atoms with Gasteiger partial charge in [-0.25, -0.2) is 14.8 Å². The van der Waals surface area contributed by atoms with Crippen molar-refractivity contribution in [2.24, 2.45) is 5.92 Å². The van der Waals surface area contributed by atoms with Crippen LogP contribution in [0.1, 0.15) is 71.4 Å². The van der Waals surface area contributed by atoms with Crippen LogP contribution in [0.4, 0.5) is 0 Å². The first-order valence-electron chi connectivity index (χ1n) is 14.7. The van der Waals surface area contributed by atoms with Crippen molar-refractivity contribution in [2.45, 2.75) is 102 Å². The molecule has 1 saturated heterocycles. The van der Waals surface area contributed by atoms with Gasteiger partial charge in [-0.2, -0.15) is 0 Å². The average molecular weight is 564 g/mol. The maximum absolute atomic E-state index is 14.1. The molecule has 2 aromatic rings. The van der Waals surface area contributed by atoms with E-state index in [2.05, 4.69) is 20.6 Å². The van der Waals surface area contributed by atoms with Crippen LogP contribution in [0.25, 0.3) is 11.0 Å². The van der Waals surface area contributed by atoms with Crippen LogP contribution in [-0.4, -0.2) is 73.6 Å².